The molecule has 0 radical (unpaired) electrons. The van der Waals surface area contributed by atoms with Gasteiger partial charge in [-0.15, -0.1) is 0 Å². The highest BCUT2D eigenvalue weighted by Gasteiger charge is 2.25. The second-order valence-electron chi connectivity index (χ2n) is 11.0. The summed E-state index contributed by atoms with van der Waals surface area (Å²) in [5, 5.41) is 0. The van der Waals surface area contributed by atoms with E-state index in [4.69, 9.17) is 9.47 Å². The van der Waals surface area contributed by atoms with Gasteiger partial charge in [-0.05, 0) is 66.1 Å². The monoisotopic (exact) mass is 552 g/mol. The third-order valence-corrected chi connectivity index (χ3v) is 8.02. The molecule has 1 aliphatic rings. The van der Waals surface area contributed by atoms with Crippen LogP contribution in [-0.4, -0.2) is 19.3 Å². The van der Waals surface area contributed by atoms with E-state index >= 15 is 4.39 Å². The first-order valence-electron chi connectivity index (χ1n) is 15.1. The quantitative estimate of drug-likeness (QED) is 0.185. The summed E-state index contributed by atoms with van der Waals surface area (Å²) in [4.78, 5) is 0. The highest BCUT2D eigenvalue weighted by Crippen LogP contribution is 2.35. The topological polar surface area (TPSA) is 18.5 Å². The van der Waals surface area contributed by atoms with Gasteiger partial charge in [-0.3, -0.25) is 0 Å². The molecule has 0 N–H and O–H groups in total. The van der Waals surface area contributed by atoms with Crippen molar-refractivity contribution in [1.29, 1.82) is 0 Å². The van der Waals surface area contributed by atoms with E-state index in [1.807, 2.05) is 24.3 Å². The van der Waals surface area contributed by atoms with Crippen LogP contribution in [0.3, 0.4) is 0 Å². The molecular formula is C35H43F3O2. The third-order valence-electron chi connectivity index (χ3n) is 8.02. The van der Waals surface area contributed by atoms with Gasteiger partial charge in [0.1, 0.15) is 5.82 Å². The third kappa shape index (κ3) is 7.90. The highest BCUT2D eigenvalue weighted by atomic mass is 19.2. The van der Waals surface area contributed by atoms with Gasteiger partial charge in [0.2, 0.25) is 5.82 Å². The van der Waals surface area contributed by atoms with E-state index in [2.05, 4.69) is 13.8 Å². The van der Waals surface area contributed by atoms with Crippen LogP contribution in [0.2, 0.25) is 0 Å². The molecule has 3 aromatic carbocycles. The lowest BCUT2D eigenvalue weighted by Crippen LogP contribution is -2.25. The Morgan fingerprint density at radius 2 is 1.43 bits per heavy atom. The molecule has 1 fully saturated rings. The average molecular weight is 553 g/mol. The van der Waals surface area contributed by atoms with Crippen LogP contribution < -0.4 is 4.74 Å². The largest absolute Gasteiger partial charge is 0.490 e. The number of unbranched alkanes of at least 4 members (excludes halogenated alkanes) is 6. The second-order valence-corrected chi connectivity index (χ2v) is 11.0. The summed E-state index contributed by atoms with van der Waals surface area (Å²) >= 11 is 0. The molecule has 0 bridgehead atoms. The second kappa shape index (κ2) is 15.3. The van der Waals surface area contributed by atoms with Crippen LogP contribution in [0.25, 0.3) is 22.3 Å². The summed E-state index contributed by atoms with van der Waals surface area (Å²) in [6.07, 6.45) is 12.4. The van der Waals surface area contributed by atoms with Crippen molar-refractivity contribution < 1.29 is 22.6 Å². The van der Waals surface area contributed by atoms with E-state index in [-0.39, 0.29) is 23.0 Å². The fraction of sp³-hybridized carbons (Fsp3) is 0.486. The van der Waals surface area contributed by atoms with Crippen molar-refractivity contribution >= 4 is 0 Å². The van der Waals surface area contributed by atoms with Crippen molar-refractivity contribution in [2.45, 2.75) is 96.5 Å². The molecule has 0 spiro atoms. The molecule has 3 aromatic rings. The first-order valence-corrected chi connectivity index (χ1v) is 15.1. The molecule has 5 heteroatoms. The van der Waals surface area contributed by atoms with Crippen molar-refractivity contribution in [1.82, 2.24) is 0 Å². The van der Waals surface area contributed by atoms with E-state index < -0.39 is 11.6 Å². The Labute approximate surface area is 237 Å². The van der Waals surface area contributed by atoms with Crippen LogP contribution >= 0.6 is 0 Å². The zero-order valence-electron chi connectivity index (χ0n) is 24.0. The lowest BCUT2D eigenvalue weighted by atomic mass is 9.88. The van der Waals surface area contributed by atoms with Crippen molar-refractivity contribution in [2.24, 2.45) is 0 Å². The Kier molecular flexibility index (Phi) is 11.5. The molecule has 2 nitrogen and oxygen atoms in total. The van der Waals surface area contributed by atoms with Gasteiger partial charge >= 0.3 is 0 Å². The van der Waals surface area contributed by atoms with Gasteiger partial charge in [0, 0.05) is 11.5 Å². The number of ether oxygens (including phenoxy) is 2. The number of halogens is 3. The minimum absolute atomic E-state index is 0.0640. The van der Waals surface area contributed by atoms with Gasteiger partial charge < -0.3 is 9.47 Å². The fourth-order valence-electron chi connectivity index (χ4n) is 5.53. The summed E-state index contributed by atoms with van der Waals surface area (Å²) in [6.45, 7) is 5.23. The van der Waals surface area contributed by atoms with Gasteiger partial charge in [-0.2, -0.15) is 4.39 Å². The van der Waals surface area contributed by atoms with Crippen molar-refractivity contribution in [3.05, 3.63) is 77.6 Å². The van der Waals surface area contributed by atoms with Gasteiger partial charge in [-0.25, -0.2) is 8.78 Å². The van der Waals surface area contributed by atoms with Crippen molar-refractivity contribution in [2.75, 3.05) is 13.2 Å². The summed E-state index contributed by atoms with van der Waals surface area (Å²) in [5.74, 6) is -2.11. The molecule has 40 heavy (non-hydrogen) atoms. The summed E-state index contributed by atoms with van der Waals surface area (Å²) < 4.78 is 56.2. The maximum atomic E-state index is 15.2. The van der Waals surface area contributed by atoms with E-state index in [0.717, 1.165) is 49.7 Å². The molecule has 0 aromatic heterocycles. The Hall–Kier alpha value is -2.79. The van der Waals surface area contributed by atoms with Gasteiger partial charge in [0.25, 0.3) is 0 Å². The van der Waals surface area contributed by atoms with Crippen LogP contribution in [0.4, 0.5) is 13.2 Å². The molecule has 2 atom stereocenters. The lowest BCUT2D eigenvalue weighted by Gasteiger charge is -2.29. The van der Waals surface area contributed by atoms with Crippen LogP contribution in [0.15, 0.2) is 54.6 Å². The smallest absolute Gasteiger partial charge is 0.201 e. The number of rotatable bonds is 14. The fourth-order valence-corrected chi connectivity index (χ4v) is 5.53. The molecule has 1 saturated heterocycles. The van der Waals surface area contributed by atoms with Gasteiger partial charge in [0.05, 0.1) is 19.3 Å². The van der Waals surface area contributed by atoms with E-state index in [1.54, 1.807) is 24.3 Å². The first kappa shape index (κ1) is 30.2. The summed E-state index contributed by atoms with van der Waals surface area (Å²) in [5.41, 5.74) is 2.99. The van der Waals surface area contributed by atoms with Crippen LogP contribution in [-0.2, 0) is 4.74 Å². The number of benzene rings is 3. The summed E-state index contributed by atoms with van der Waals surface area (Å²) in [6, 6.07) is 15.5. The molecule has 1 aliphatic heterocycles. The zero-order chi connectivity index (χ0) is 28.3. The van der Waals surface area contributed by atoms with Crippen LogP contribution in [0, 0.1) is 17.5 Å². The van der Waals surface area contributed by atoms with Crippen LogP contribution in [0.5, 0.6) is 5.75 Å². The molecule has 4 rings (SSSR count). The maximum absolute atomic E-state index is 15.2. The normalized spacial score (nSPS) is 17.2. The molecule has 2 unspecified atom stereocenters. The Balaban J connectivity index is 1.35. The zero-order valence-corrected chi connectivity index (χ0v) is 24.0. The standard InChI is InChI=1S/C35H43F3O2/c1-3-5-7-8-9-11-29-18-16-28(24-40-29)30-19-17-27(23-32(30)36)25-12-14-26(15-13-25)31-20-21-33(35(38)34(31)37)39-22-10-6-4-2/h12-15,17,19-21,23,28-29H,3-11,16,18,22,24H2,1-2H3. The lowest BCUT2D eigenvalue weighted by molar-refractivity contribution is -0.00273. The molecule has 0 amide bonds. The molecule has 1 heterocycles. The maximum Gasteiger partial charge on any atom is 0.201 e. The molecule has 0 aliphatic carbocycles. The number of hydrogen-bond donors (Lipinski definition) is 0. The van der Waals surface area contributed by atoms with Crippen LogP contribution in [0.1, 0.15) is 96.0 Å². The van der Waals surface area contributed by atoms with E-state index in [9.17, 15) is 8.78 Å². The molecule has 0 saturated carbocycles. The van der Waals surface area contributed by atoms with Crippen molar-refractivity contribution in [3.8, 4) is 28.0 Å². The highest BCUT2D eigenvalue weighted by molar-refractivity contribution is 5.71. The first-order chi connectivity index (χ1) is 19.5. The Morgan fingerprint density at radius 1 is 0.725 bits per heavy atom. The predicted molar refractivity (Wildman–Crippen MR) is 157 cm³/mol. The van der Waals surface area contributed by atoms with E-state index in [1.165, 1.54) is 38.2 Å². The molecule has 216 valence electrons. The Morgan fingerprint density at radius 3 is 2.12 bits per heavy atom. The predicted octanol–water partition coefficient (Wildman–Crippen LogP) is 10.6. The summed E-state index contributed by atoms with van der Waals surface area (Å²) in [7, 11) is 0. The number of hydrogen-bond acceptors (Lipinski definition) is 2. The van der Waals surface area contributed by atoms with Gasteiger partial charge in [0.15, 0.2) is 11.6 Å². The van der Waals surface area contributed by atoms with E-state index in [0.29, 0.717) is 30.4 Å². The molecular weight excluding hydrogens is 509 g/mol. The minimum atomic E-state index is -0.972. The van der Waals surface area contributed by atoms with Gasteiger partial charge in [-0.1, -0.05) is 95.2 Å². The minimum Gasteiger partial charge on any atom is -0.490 e. The Bertz CT molecular complexity index is 1200. The van der Waals surface area contributed by atoms with Crippen molar-refractivity contribution in [3.63, 3.8) is 0 Å². The SMILES string of the molecule is CCCCCCCC1CCC(c2ccc(-c3ccc(-c4ccc(OCCCCC)c(F)c4F)cc3)cc2F)CO1. The average Bonchev–Trinajstić information content (AvgIpc) is 2.98.